The molecule has 1 aliphatic carbocycles. The predicted molar refractivity (Wildman–Crippen MR) is 82.6 cm³/mol. The summed E-state index contributed by atoms with van der Waals surface area (Å²) < 4.78 is 5.97. The average Bonchev–Trinajstić information content (AvgIpc) is 2.46. The number of pyridine rings is 1. The van der Waals surface area contributed by atoms with E-state index in [-0.39, 0.29) is 5.60 Å². The number of rotatable bonds is 5. The van der Waals surface area contributed by atoms with Crippen LogP contribution < -0.4 is 11.1 Å². The molecule has 1 aliphatic rings. The van der Waals surface area contributed by atoms with E-state index in [0.717, 1.165) is 25.2 Å². The van der Waals surface area contributed by atoms with Crippen molar-refractivity contribution < 1.29 is 4.74 Å². The molecule has 0 amide bonds. The Labute approximate surface area is 122 Å². The average molecular weight is 277 g/mol. The number of ether oxygens (including phenoxy) is 1. The number of aromatic nitrogens is 1. The van der Waals surface area contributed by atoms with E-state index in [1.54, 1.807) is 6.20 Å². The number of likely N-dealkylation sites (N-methyl/N-ethyl adjacent to an activating group) is 1. The van der Waals surface area contributed by atoms with Gasteiger partial charge in [0, 0.05) is 19.3 Å². The minimum absolute atomic E-state index is 0.0563. The van der Waals surface area contributed by atoms with E-state index in [1.165, 1.54) is 18.4 Å². The molecule has 20 heavy (non-hydrogen) atoms. The van der Waals surface area contributed by atoms with Crippen LogP contribution in [0.1, 0.15) is 38.2 Å². The highest BCUT2D eigenvalue weighted by atomic mass is 16.5. The third-order valence-corrected chi connectivity index (χ3v) is 4.80. The van der Waals surface area contributed by atoms with Crippen LogP contribution in [0.3, 0.4) is 0 Å². The molecular weight excluding hydrogens is 250 g/mol. The molecule has 0 spiro atoms. The highest BCUT2D eigenvalue weighted by Gasteiger charge is 2.40. The number of nitrogen functional groups attached to an aromatic ring is 1. The van der Waals surface area contributed by atoms with Crippen molar-refractivity contribution in [2.45, 2.75) is 50.7 Å². The molecule has 1 fully saturated rings. The van der Waals surface area contributed by atoms with Crippen molar-refractivity contribution in [3.63, 3.8) is 0 Å². The van der Waals surface area contributed by atoms with Gasteiger partial charge in [-0.15, -0.1) is 0 Å². The van der Waals surface area contributed by atoms with Gasteiger partial charge in [0.2, 0.25) is 0 Å². The minimum Gasteiger partial charge on any atom is -0.384 e. The molecule has 1 atom stereocenters. The molecule has 0 aliphatic heterocycles. The Hall–Kier alpha value is -1.13. The molecule has 112 valence electrons. The second kappa shape index (κ2) is 6.55. The largest absolute Gasteiger partial charge is 0.384 e. The molecule has 0 bridgehead atoms. The van der Waals surface area contributed by atoms with E-state index in [1.807, 2.05) is 26.3 Å². The van der Waals surface area contributed by atoms with Crippen molar-refractivity contribution >= 4 is 5.82 Å². The van der Waals surface area contributed by atoms with Crippen molar-refractivity contribution in [3.05, 3.63) is 23.9 Å². The van der Waals surface area contributed by atoms with Gasteiger partial charge >= 0.3 is 0 Å². The number of nitrogens with two attached hydrogens (primary N) is 1. The first-order chi connectivity index (χ1) is 9.59. The van der Waals surface area contributed by atoms with Gasteiger partial charge in [0.25, 0.3) is 0 Å². The Morgan fingerprint density at radius 3 is 2.75 bits per heavy atom. The first kappa shape index (κ1) is 15.3. The van der Waals surface area contributed by atoms with Crippen LogP contribution in [-0.2, 0) is 11.2 Å². The Bertz CT molecular complexity index is 427. The van der Waals surface area contributed by atoms with Gasteiger partial charge < -0.3 is 15.8 Å². The highest BCUT2D eigenvalue weighted by molar-refractivity contribution is 5.32. The quantitative estimate of drug-likeness (QED) is 0.867. The molecule has 1 aromatic heterocycles. The van der Waals surface area contributed by atoms with Crippen LogP contribution in [0.5, 0.6) is 0 Å². The Balaban J connectivity index is 2.13. The van der Waals surface area contributed by atoms with Crippen molar-refractivity contribution in [2.24, 2.45) is 5.92 Å². The lowest BCUT2D eigenvalue weighted by atomic mass is 9.74. The van der Waals surface area contributed by atoms with Gasteiger partial charge in [-0.25, -0.2) is 4.98 Å². The summed E-state index contributed by atoms with van der Waals surface area (Å²) in [5, 5.41) is 3.46. The fourth-order valence-electron chi connectivity index (χ4n) is 3.35. The van der Waals surface area contributed by atoms with E-state index < -0.39 is 0 Å². The van der Waals surface area contributed by atoms with E-state index >= 15 is 0 Å². The van der Waals surface area contributed by atoms with Crippen LogP contribution in [0, 0.1) is 5.92 Å². The van der Waals surface area contributed by atoms with Crippen LogP contribution in [0.15, 0.2) is 18.3 Å². The molecule has 0 radical (unpaired) electrons. The summed E-state index contributed by atoms with van der Waals surface area (Å²) in [5.41, 5.74) is 6.93. The van der Waals surface area contributed by atoms with Crippen molar-refractivity contribution in [2.75, 3.05) is 19.9 Å². The predicted octanol–water partition coefficient (Wildman–Crippen LogP) is 2.39. The molecule has 1 aromatic rings. The van der Waals surface area contributed by atoms with E-state index in [9.17, 15) is 0 Å². The maximum absolute atomic E-state index is 5.97. The second-order valence-electron chi connectivity index (χ2n) is 6.09. The second-order valence-corrected chi connectivity index (χ2v) is 6.09. The molecule has 1 unspecified atom stereocenters. The van der Waals surface area contributed by atoms with Gasteiger partial charge in [-0.1, -0.05) is 6.92 Å². The minimum atomic E-state index is -0.0563. The van der Waals surface area contributed by atoms with Crippen LogP contribution in [-0.4, -0.2) is 30.8 Å². The van der Waals surface area contributed by atoms with E-state index in [4.69, 9.17) is 10.5 Å². The molecule has 3 N–H and O–H groups in total. The normalized spacial score (nSPS) is 28.2. The smallest absolute Gasteiger partial charge is 0.123 e. The zero-order chi connectivity index (χ0) is 14.6. The van der Waals surface area contributed by atoms with Gasteiger partial charge in [0.15, 0.2) is 0 Å². The van der Waals surface area contributed by atoms with Crippen molar-refractivity contribution in [1.29, 1.82) is 0 Å². The lowest BCUT2D eigenvalue weighted by molar-refractivity contribution is -0.0730. The van der Waals surface area contributed by atoms with Gasteiger partial charge in [-0.3, -0.25) is 0 Å². The Morgan fingerprint density at radius 1 is 1.50 bits per heavy atom. The van der Waals surface area contributed by atoms with Crippen molar-refractivity contribution in [1.82, 2.24) is 10.3 Å². The molecule has 0 saturated heterocycles. The topological polar surface area (TPSA) is 60.2 Å². The number of hydrogen-bond acceptors (Lipinski definition) is 4. The molecule has 4 nitrogen and oxygen atoms in total. The zero-order valence-electron chi connectivity index (χ0n) is 12.9. The fourth-order valence-corrected chi connectivity index (χ4v) is 3.35. The highest BCUT2D eigenvalue weighted by Crippen LogP contribution is 2.37. The third kappa shape index (κ3) is 3.30. The SMILES string of the molecule is CNC(Cc1ccnc(N)c1)C1(OC)CCC(C)CC1. The van der Waals surface area contributed by atoms with E-state index in [2.05, 4.69) is 17.2 Å². The number of nitrogens with zero attached hydrogens (tertiary/aromatic N) is 1. The van der Waals surface area contributed by atoms with Gasteiger partial charge in [0.05, 0.1) is 5.60 Å². The van der Waals surface area contributed by atoms with E-state index in [0.29, 0.717) is 11.9 Å². The summed E-state index contributed by atoms with van der Waals surface area (Å²) in [6, 6.07) is 4.30. The standard InChI is InChI=1S/C16H27N3O/c1-12-4-7-16(20-3,8-5-12)14(18-2)10-13-6-9-19-15(17)11-13/h6,9,11-12,14,18H,4-5,7-8,10H2,1-3H3,(H2,17,19). The number of anilines is 1. The summed E-state index contributed by atoms with van der Waals surface area (Å²) in [4.78, 5) is 4.06. The van der Waals surface area contributed by atoms with Crippen LogP contribution >= 0.6 is 0 Å². The molecule has 2 rings (SSSR count). The van der Waals surface area contributed by atoms with Crippen LogP contribution in [0.25, 0.3) is 0 Å². The summed E-state index contributed by atoms with van der Waals surface area (Å²) >= 11 is 0. The molecule has 1 heterocycles. The first-order valence-corrected chi connectivity index (χ1v) is 7.52. The maximum atomic E-state index is 5.97. The van der Waals surface area contributed by atoms with Crippen LogP contribution in [0.4, 0.5) is 5.82 Å². The summed E-state index contributed by atoms with van der Waals surface area (Å²) in [5.74, 6) is 1.40. The maximum Gasteiger partial charge on any atom is 0.123 e. The molecule has 1 saturated carbocycles. The summed E-state index contributed by atoms with van der Waals surface area (Å²) in [6.07, 6.45) is 7.42. The third-order valence-electron chi connectivity index (χ3n) is 4.80. The molecule has 0 aromatic carbocycles. The number of hydrogen-bond donors (Lipinski definition) is 2. The van der Waals surface area contributed by atoms with Crippen molar-refractivity contribution in [3.8, 4) is 0 Å². The summed E-state index contributed by atoms with van der Waals surface area (Å²) in [6.45, 7) is 2.33. The van der Waals surface area contributed by atoms with Gasteiger partial charge in [-0.2, -0.15) is 0 Å². The lowest BCUT2D eigenvalue weighted by Gasteiger charge is -2.44. The Kier molecular flexibility index (Phi) is 5.00. The monoisotopic (exact) mass is 277 g/mol. The molecule has 4 heteroatoms. The Morgan fingerprint density at radius 2 is 2.20 bits per heavy atom. The van der Waals surface area contributed by atoms with Gasteiger partial charge in [0.1, 0.15) is 5.82 Å². The lowest BCUT2D eigenvalue weighted by Crippen LogP contribution is -2.54. The molecular formula is C16H27N3O. The zero-order valence-corrected chi connectivity index (χ0v) is 12.9. The van der Waals surface area contributed by atoms with Gasteiger partial charge in [-0.05, 0) is 62.8 Å². The summed E-state index contributed by atoms with van der Waals surface area (Å²) in [7, 11) is 3.87. The van der Waals surface area contributed by atoms with Crippen LogP contribution in [0.2, 0.25) is 0 Å². The number of methoxy groups -OCH3 is 1. The fraction of sp³-hybridized carbons (Fsp3) is 0.688. The first-order valence-electron chi connectivity index (χ1n) is 7.52. The number of nitrogens with one attached hydrogen (secondary N) is 1.